The van der Waals surface area contributed by atoms with Gasteiger partial charge in [0.05, 0.1) is 11.6 Å². The van der Waals surface area contributed by atoms with E-state index < -0.39 is 58.0 Å². The second kappa shape index (κ2) is 9.62. The van der Waals surface area contributed by atoms with Gasteiger partial charge in [0, 0.05) is 42.6 Å². The molecule has 6 N–H and O–H groups in total. The Morgan fingerprint density at radius 2 is 1.82 bits per heavy atom. The molecule has 4 atom stereocenters. The van der Waals surface area contributed by atoms with Gasteiger partial charge in [-0.3, -0.25) is 19.3 Å². The number of amides is 1. The van der Waals surface area contributed by atoms with Crippen molar-refractivity contribution in [2.45, 2.75) is 24.5 Å². The number of hydrogen-bond acceptors (Lipinski definition) is 8. The monoisotopic (exact) mass is 741 g/mol. The van der Waals surface area contributed by atoms with Crippen molar-refractivity contribution in [3.63, 3.8) is 0 Å². The van der Waals surface area contributed by atoms with Crippen molar-refractivity contribution in [2.75, 3.05) is 14.1 Å². The Morgan fingerprint density at radius 1 is 1.13 bits per heavy atom. The van der Waals surface area contributed by atoms with E-state index >= 15 is 0 Å². The summed E-state index contributed by atoms with van der Waals surface area (Å²) in [5.41, 5.74) is 4.67. The summed E-state index contributed by atoms with van der Waals surface area (Å²) in [6.45, 7) is 3.96. The molecule has 0 bridgehead atoms. The number of aliphatic hydroxyl groups excluding tert-OH is 2. The van der Waals surface area contributed by atoms with Gasteiger partial charge in [0.1, 0.15) is 22.8 Å². The molecule has 0 aliphatic heterocycles. The second-order valence-electron chi connectivity index (χ2n) is 10.1. The molecule has 3 aliphatic rings. The number of aliphatic hydroxyl groups is 3. The number of carbonyl (C=O) groups excluding carboxylic acids is 3. The van der Waals surface area contributed by atoms with Gasteiger partial charge in [0.25, 0.3) is 5.91 Å². The van der Waals surface area contributed by atoms with E-state index in [4.69, 9.17) is 5.73 Å². The van der Waals surface area contributed by atoms with Gasteiger partial charge in [-0.25, -0.2) is 0 Å². The standard InChI is InChI=1S/C28H27N2O7.U/c1-12-5-4-6-13(9-12)15-7-8-18(31)20-16(15)10-14-11-17-22(30(2)3)24(33)21(27(29)36)26(35)28(17,37)25(34)19(14)23(20)32;/h4-9,14,17,22,31-32,35,37H,1,10-11H2,2-3H3,(H2,29,36);/q-1;/t14?,17?,22-,28-;/m0./s1. The first-order valence-corrected chi connectivity index (χ1v) is 11.8. The van der Waals surface area contributed by atoms with Crippen LogP contribution in [0, 0.1) is 49.9 Å². The number of fused-ring (bicyclic) bond motifs is 3. The first-order valence-electron chi connectivity index (χ1n) is 11.8. The van der Waals surface area contributed by atoms with Crippen molar-refractivity contribution >= 4 is 23.2 Å². The molecule has 2 unspecified atom stereocenters. The third kappa shape index (κ3) is 3.82. The summed E-state index contributed by atoms with van der Waals surface area (Å²) in [6.07, 6.45) is 0.260. The largest absolute Gasteiger partial charge is 0.508 e. The predicted molar refractivity (Wildman–Crippen MR) is 134 cm³/mol. The average molecular weight is 742 g/mol. The third-order valence-corrected chi connectivity index (χ3v) is 7.84. The molecule has 0 spiro atoms. The molecule has 9 nitrogen and oxygen atoms in total. The van der Waals surface area contributed by atoms with E-state index in [1.54, 1.807) is 20.2 Å². The van der Waals surface area contributed by atoms with Gasteiger partial charge in [0.15, 0.2) is 11.4 Å². The number of Topliss-reactive ketones (excluding diaryl/α,β-unsaturated/α-hetero) is 2. The Hall–Kier alpha value is -3.03. The van der Waals surface area contributed by atoms with Gasteiger partial charge in [-0.05, 0) is 50.0 Å². The number of carbonyl (C=O) groups is 3. The number of likely N-dealkylation sites (N-methyl/N-ethyl adjacent to an activating group) is 1. The minimum absolute atomic E-state index is 0. The van der Waals surface area contributed by atoms with Crippen molar-refractivity contribution in [3.8, 4) is 16.9 Å². The molecule has 1 saturated carbocycles. The Labute approximate surface area is 243 Å². The Kier molecular flexibility index (Phi) is 7.08. The maximum absolute atomic E-state index is 13.9. The summed E-state index contributed by atoms with van der Waals surface area (Å²) in [4.78, 5) is 40.6. The summed E-state index contributed by atoms with van der Waals surface area (Å²) in [6, 6.07) is 9.44. The van der Waals surface area contributed by atoms with Crippen LogP contribution < -0.4 is 5.73 Å². The summed E-state index contributed by atoms with van der Waals surface area (Å²) >= 11 is 0. The fourth-order valence-corrected chi connectivity index (χ4v) is 6.25. The summed E-state index contributed by atoms with van der Waals surface area (Å²) < 4.78 is 0. The van der Waals surface area contributed by atoms with Crippen molar-refractivity contribution < 1.29 is 65.9 Å². The zero-order valence-electron chi connectivity index (χ0n) is 20.9. The smallest absolute Gasteiger partial charge is 0.255 e. The van der Waals surface area contributed by atoms with E-state index in [9.17, 15) is 34.8 Å². The summed E-state index contributed by atoms with van der Waals surface area (Å²) in [5.74, 6) is -6.69. The topological polar surface area (TPSA) is 161 Å². The number of hydrogen-bond donors (Lipinski definition) is 5. The molecule has 1 fully saturated rings. The normalized spacial score (nSPS) is 26.5. The first kappa shape index (κ1) is 28.0. The van der Waals surface area contributed by atoms with Crippen LogP contribution in [0.4, 0.5) is 0 Å². The number of nitrogens with zero attached hydrogens (tertiary/aromatic N) is 1. The van der Waals surface area contributed by atoms with Crippen molar-refractivity contribution in [1.29, 1.82) is 0 Å². The van der Waals surface area contributed by atoms with Crippen molar-refractivity contribution in [2.24, 2.45) is 17.6 Å². The quantitative estimate of drug-likeness (QED) is 0.235. The zero-order valence-corrected chi connectivity index (χ0v) is 25.0. The molecule has 5 rings (SSSR count). The van der Waals surface area contributed by atoms with Crippen LogP contribution in [0.5, 0.6) is 5.75 Å². The minimum atomic E-state index is -2.65. The first-order chi connectivity index (χ1) is 17.4. The molecule has 0 heterocycles. The molecule has 10 heteroatoms. The van der Waals surface area contributed by atoms with Gasteiger partial charge in [-0.2, -0.15) is 24.6 Å². The van der Waals surface area contributed by atoms with E-state index in [-0.39, 0.29) is 60.8 Å². The molecule has 38 heavy (non-hydrogen) atoms. The average Bonchev–Trinajstić information content (AvgIpc) is 2.81. The Balaban J connectivity index is 0.00000336. The number of primary amides is 1. The molecule has 0 aromatic heterocycles. The molecular formula is C28H27N2O7U-. The van der Waals surface area contributed by atoms with Gasteiger partial charge in [0.2, 0.25) is 5.78 Å². The molecule has 196 valence electrons. The number of rotatable bonds is 3. The molecule has 3 aliphatic carbocycles. The number of aromatic hydroxyl groups is 1. The van der Waals surface area contributed by atoms with Crippen LogP contribution in [0.15, 0.2) is 53.3 Å². The molecule has 2 aromatic rings. The molecule has 0 saturated heterocycles. The third-order valence-electron chi connectivity index (χ3n) is 7.84. The van der Waals surface area contributed by atoms with E-state index in [1.807, 2.05) is 24.3 Å². The molecular weight excluding hydrogens is 714 g/mol. The second-order valence-corrected chi connectivity index (χ2v) is 10.1. The number of ketones is 2. The summed E-state index contributed by atoms with van der Waals surface area (Å²) in [5, 5.41) is 44.6. The van der Waals surface area contributed by atoms with E-state index in [1.165, 1.54) is 11.0 Å². The van der Waals surface area contributed by atoms with Gasteiger partial charge in [-0.1, -0.05) is 17.7 Å². The van der Waals surface area contributed by atoms with Crippen molar-refractivity contribution in [1.82, 2.24) is 4.90 Å². The Morgan fingerprint density at radius 3 is 2.42 bits per heavy atom. The molecule has 0 radical (unpaired) electrons. The predicted octanol–water partition coefficient (Wildman–Crippen LogP) is 1.81. The van der Waals surface area contributed by atoms with Crippen LogP contribution in [-0.4, -0.2) is 68.5 Å². The molecule has 2 aromatic carbocycles. The van der Waals surface area contributed by atoms with Crippen LogP contribution >= 0.6 is 0 Å². The maximum Gasteiger partial charge on any atom is 0.255 e. The van der Waals surface area contributed by atoms with Crippen LogP contribution in [0.2, 0.25) is 0 Å². The molecule has 1 amide bonds. The van der Waals surface area contributed by atoms with E-state index in [0.29, 0.717) is 5.56 Å². The van der Waals surface area contributed by atoms with E-state index in [0.717, 1.165) is 16.7 Å². The zero-order chi connectivity index (χ0) is 27.0. The van der Waals surface area contributed by atoms with Gasteiger partial charge >= 0.3 is 0 Å². The Bertz CT molecular complexity index is 1460. The van der Waals surface area contributed by atoms with Gasteiger partial charge in [-0.15, -0.1) is 6.07 Å². The number of phenols is 1. The number of benzene rings is 2. The fourth-order valence-electron chi connectivity index (χ4n) is 6.25. The van der Waals surface area contributed by atoms with Crippen LogP contribution in [0.25, 0.3) is 16.9 Å². The van der Waals surface area contributed by atoms with E-state index in [2.05, 4.69) is 6.92 Å². The SMILES string of the molecule is [CH2-]c1cccc(-c2ccc(O)c3c2CC2CC4[C@H](N(C)C)C(=O)C(C(N)=O)=C(O)[C@@]4(O)C(=O)C2=C3O)c1.[U]. The maximum atomic E-state index is 13.9. The van der Waals surface area contributed by atoms with Crippen LogP contribution in [0.3, 0.4) is 0 Å². The van der Waals surface area contributed by atoms with Gasteiger partial charge < -0.3 is 26.2 Å². The number of nitrogens with two attached hydrogens (primary N) is 1. The fraction of sp³-hybridized carbons (Fsp3) is 0.286. The minimum Gasteiger partial charge on any atom is -0.508 e. The number of phenolic OH excluding ortho intramolecular Hbond substituents is 1. The van der Waals surface area contributed by atoms with Crippen LogP contribution in [0.1, 0.15) is 23.1 Å². The van der Waals surface area contributed by atoms with Crippen molar-refractivity contribution in [3.05, 3.63) is 76.9 Å². The summed E-state index contributed by atoms with van der Waals surface area (Å²) in [7, 11) is 3.13. The van der Waals surface area contributed by atoms with Crippen LogP contribution in [-0.2, 0) is 20.8 Å².